The van der Waals surface area contributed by atoms with Crippen molar-refractivity contribution in [3.8, 4) is 0 Å². The molecule has 2 unspecified atom stereocenters. The molecule has 1 aromatic rings. The minimum atomic E-state index is -1.14. The summed E-state index contributed by atoms with van der Waals surface area (Å²) in [5, 5.41) is 20.0. The number of carbonyl (C=O) groups is 2. The van der Waals surface area contributed by atoms with Crippen molar-refractivity contribution in [2.45, 2.75) is 19.4 Å². The summed E-state index contributed by atoms with van der Waals surface area (Å²) in [6.45, 7) is 2.79. The second-order valence-electron chi connectivity index (χ2n) is 4.43. The number of piperidine rings is 1. The molecular weight excluding hydrogens is 256 g/mol. The minimum absolute atomic E-state index is 0.116. The number of hydrogen-bond acceptors (Lipinski definition) is 5. The van der Waals surface area contributed by atoms with Crippen molar-refractivity contribution in [3.05, 3.63) is 16.1 Å². The Morgan fingerprint density at radius 3 is 2.83 bits per heavy atom. The van der Waals surface area contributed by atoms with Gasteiger partial charge in [-0.15, -0.1) is 11.3 Å². The van der Waals surface area contributed by atoms with Gasteiger partial charge in [-0.1, -0.05) is 6.92 Å². The molecule has 1 fully saturated rings. The number of nitrogens with zero attached hydrogens (tertiary/aromatic N) is 2. The van der Waals surface area contributed by atoms with Crippen LogP contribution >= 0.6 is 11.3 Å². The highest BCUT2D eigenvalue weighted by Crippen LogP contribution is 2.20. The number of thiazole rings is 1. The van der Waals surface area contributed by atoms with Crippen molar-refractivity contribution >= 4 is 23.2 Å². The van der Waals surface area contributed by atoms with E-state index in [1.165, 1.54) is 10.3 Å². The zero-order valence-electron chi connectivity index (χ0n) is 9.87. The van der Waals surface area contributed by atoms with Gasteiger partial charge in [0.15, 0.2) is 10.7 Å². The largest absolute Gasteiger partial charge is 0.476 e. The van der Waals surface area contributed by atoms with E-state index in [-0.39, 0.29) is 29.1 Å². The summed E-state index contributed by atoms with van der Waals surface area (Å²) < 4.78 is 0. The van der Waals surface area contributed by atoms with Gasteiger partial charge in [-0.25, -0.2) is 9.78 Å². The third-order valence-corrected chi connectivity index (χ3v) is 3.94. The summed E-state index contributed by atoms with van der Waals surface area (Å²) in [4.78, 5) is 28.0. The monoisotopic (exact) mass is 270 g/mol. The lowest BCUT2D eigenvalue weighted by molar-refractivity contribution is 0.0248. The zero-order valence-corrected chi connectivity index (χ0v) is 10.7. The van der Waals surface area contributed by atoms with Crippen LogP contribution < -0.4 is 0 Å². The van der Waals surface area contributed by atoms with Gasteiger partial charge < -0.3 is 15.1 Å². The van der Waals surface area contributed by atoms with Crippen molar-refractivity contribution < 1.29 is 19.8 Å². The fourth-order valence-electron chi connectivity index (χ4n) is 1.84. The molecule has 6 nitrogen and oxygen atoms in total. The van der Waals surface area contributed by atoms with Crippen LogP contribution in [0.25, 0.3) is 0 Å². The number of hydrogen-bond donors (Lipinski definition) is 2. The molecule has 1 saturated heterocycles. The fraction of sp³-hybridized carbons (Fsp3) is 0.545. The Morgan fingerprint density at radius 2 is 2.28 bits per heavy atom. The van der Waals surface area contributed by atoms with Gasteiger partial charge >= 0.3 is 5.97 Å². The Hall–Kier alpha value is -1.47. The van der Waals surface area contributed by atoms with Gasteiger partial charge in [0.2, 0.25) is 0 Å². The van der Waals surface area contributed by atoms with E-state index < -0.39 is 12.1 Å². The first-order valence-corrected chi connectivity index (χ1v) is 6.53. The van der Waals surface area contributed by atoms with Crippen LogP contribution in [0.5, 0.6) is 0 Å². The molecule has 18 heavy (non-hydrogen) atoms. The van der Waals surface area contributed by atoms with Crippen molar-refractivity contribution in [1.29, 1.82) is 0 Å². The number of carboxylic acid groups (broad SMARTS) is 1. The Kier molecular flexibility index (Phi) is 3.63. The molecule has 2 N–H and O–H groups in total. The van der Waals surface area contributed by atoms with Gasteiger partial charge in [0.25, 0.3) is 5.91 Å². The molecule has 0 bridgehead atoms. The van der Waals surface area contributed by atoms with E-state index in [2.05, 4.69) is 4.98 Å². The van der Waals surface area contributed by atoms with Crippen molar-refractivity contribution in [2.24, 2.45) is 5.92 Å². The maximum absolute atomic E-state index is 12.1. The number of aliphatic hydroxyl groups excluding tert-OH is 1. The normalized spacial score (nSPS) is 24.0. The molecule has 2 heterocycles. The first-order chi connectivity index (χ1) is 8.49. The molecule has 2 rings (SSSR count). The highest BCUT2D eigenvalue weighted by Gasteiger charge is 2.29. The van der Waals surface area contributed by atoms with E-state index >= 15 is 0 Å². The topological polar surface area (TPSA) is 90.7 Å². The third kappa shape index (κ3) is 2.51. The molecule has 0 spiro atoms. The number of aromatic carboxylic acids is 1. The Bertz CT molecular complexity index is 473. The van der Waals surface area contributed by atoms with Crippen molar-refractivity contribution in [2.75, 3.05) is 13.1 Å². The first-order valence-electron chi connectivity index (χ1n) is 5.65. The van der Waals surface area contributed by atoms with E-state index in [0.29, 0.717) is 6.54 Å². The Morgan fingerprint density at radius 1 is 1.56 bits per heavy atom. The summed E-state index contributed by atoms with van der Waals surface area (Å²) in [6, 6.07) is 0. The number of aliphatic hydroxyl groups is 1. The molecule has 98 valence electrons. The van der Waals surface area contributed by atoms with Crippen LogP contribution in [0.2, 0.25) is 0 Å². The van der Waals surface area contributed by atoms with Crippen LogP contribution in [0.3, 0.4) is 0 Å². The molecule has 1 amide bonds. The highest BCUT2D eigenvalue weighted by molar-refractivity contribution is 7.11. The third-order valence-electron chi connectivity index (χ3n) is 3.11. The number of β-amino-alcohol motifs (C(OH)–C–C–N with tert-alkyl or cyclic N) is 1. The molecule has 1 aliphatic heterocycles. The standard InChI is InChI=1S/C11H14N2O4S/c1-6-2-3-13(4-8(6)14)10(15)9-12-7(5-18-9)11(16)17/h5-6,8,14H,2-4H2,1H3,(H,16,17). The number of likely N-dealkylation sites (tertiary alicyclic amines) is 1. The number of amides is 1. The van der Waals surface area contributed by atoms with Gasteiger partial charge in [-0.05, 0) is 12.3 Å². The summed E-state index contributed by atoms with van der Waals surface area (Å²) in [6.07, 6.45) is 0.214. The number of aromatic nitrogens is 1. The smallest absolute Gasteiger partial charge is 0.355 e. The molecular formula is C11H14N2O4S. The predicted octanol–water partition coefficient (Wildman–Crippen LogP) is 0.684. The maximum Gasteiger partial charge on any atom is 0.355 e. The quantitative estimate of drug-likeness (QED) is 0.825. The second kappa shape index (κ2) is 5.03. The number of carboxylic acids is 1. The number of rotatable bonds is 2. The second-order valence-corrected chi connectivity index (χ2v) is 5.29. The maximum atomic E-state index is 12.1. The van der Waals surface area contributed by atoms with Gasteiger partial charge in [-0.2, -0.15) is 0 Å². The van der Waals surface area contributed by atoms with Gasteiger partial charge in [-0.3, -0.25) is 4.79 Å². The molecule has 2 atom stereocenters. The van der Waals surface area contributed by atoms with Crippen LogP contribution in [-0.4, -0.2) is 51.2 Å². The van der Waals surface area contributed by atoms with E-state index in [1.54, 1.807) is 0 Å². The van der Waals surface area contributed by atoms with E-state index in [9.17, 15) is 14.7 Å². The predicted molar refractivity (Wildman–Crippen MR) is 64.8 cm³/mol. The van der Waals surface area contributed by atoms with Crippen LogP contribution in [0.4, 0.5) is 0 Å². The van der Waals surface area contributed by atoms with Crippen molar-refractivity contribution in [1.82, 2.24) is 9.88 Å². The number of carbonyl (C=O) groups excluding carboxylic acids is 1. The summed E-state index contributed by atoms with van der Waals surface area (Å²) in [5.41, 5.74) is -0.116. The van der Waals surface area contributed by atoms with Crippen LogP contribution in [0.15, 0.2) is 5.38 Å². The molecule has 1 aromatic heterocycles. The lowest BCUT2D eigenvalue weighted by Gasteiger charge is -2.33. The molecule has 0 aromatic carbocycles. The van der Waals surface area contributed by atoms with E-state index in [1.807, 2.05) is 6.92 Å². The Labute approximate surface area is 108 Å². The van der Waals surface area contributed by atoms with E-state index in [0.717, 1.165) is 17.8 Å². The fourth-order valence-corrected chi connectivity index (χ4v) is 2.60. The van der Waals surface area contributed by atoms with Crippen LogP contribution in [-0.2, 0) is 0 Å². The van der Waals surface area contributed by atoms with Crippen LogP contribution in [0, 0.1) is 5.92 Å². The average Bonchev–Trinajstić information content (AvgIpc) is 2.81. The average molecular weight is 270 g/mol. The van der Waals surface area contributed by atoms with E-state index in [4.69, 9.17) is 5.11 Å². The molecule has 0 radical (unpaired) electrons. The van der Waals surface area contributed by atoms with Gasteiger partial charge in [0.1, 0.15) is 0 Å². The summed E-state index contributed by atoms with van der Waals surface area (Å²) in [5.74, 6) is -1.27. The summed E-state index contributed by atoms with van der Waals surface area (Å²) >= 11 is 1.02. The highest BCUT2D eigenvalue weighted by atomic mass is 32.1. The first kappa shape index (κ1) is 13.0. The SMILES string of the molecule is CC1CCN(C(=O)c2nc(C(=O)O)cs2)CC1O. The minimum Gasteiger partial charge on any atom is -0.476 e. The lowest BCUT2D eigenvalue weighted by atomic mass is 9.96. The molecule has 0 aliphatic carbocycles. The Balaban J connectivity index is 2.09. The zero-order chi connectivity index (χ0) is 13.3. The summed E-state index contributed by atoms with van der Waals surface area (Å²) in [7, 11) is 0. The van der Waals surface area contributed by atoms with Gasteiger partial charge in [0, 0.05) is 18.5 Å². The molecule has 0 saturated carbocycles. The van der Waals surface area contributed by atoms with Crippen LogP contribution in [0.1, 0.15) is 33.6 Å². The van der Waals surface area contributed by atoms with Gasteiger partial charge in [0.05, 0.1) is 6.10 Å². The van der Waals surface area contributed by atoms with Crippen molar-refractivity contribution in [3.63, 3.8) is 0 Å². The molecule has 7 heteroatoms. The lowest BCUT2D eigenvalue weighted by Crippen LogP contribution is -2.45. The molecule has 1 aliphatic rings.